The van der Waals surface area contributed by atoms with E-state index in [0.717, 1.165) is 30.7 Å². The Bertz CT molecular complexity index is 534. The molecule has 78 valence electrons. The topological polar surface area (TPSA) is 49.3 Å². The van der Waals surface area contributed by atoms with Crippen molar-refractivity contribution in [1.29, 1.82) is 0 Å². The van der Waals surface area contributed by atoms with E-state index in [1.807, 2.05) is 12.1 Å². The molecule has 0 aliphatic carbocycles. The maximum absolute atomic E-state index is 11.7. The number of aromatic nitrogens is 2. The van der Waals surface area contributed by atoms with Crippen LogP contribution >= 0.6 is 0 Å². The van der Waals surface area contributed by atoms with Crippen LogP contribution in [0.2, 0.25) is 0 Å². The number of nitrogens with one attached hydrogen (secondary N) is 2. The van der Waals surface area contributed by atoms with Crippen molar-refractivity contribution in [3.05, 3.63) is 40.6 Å². The Labute approximate surface area is 86.9 Å². The second kappa shape index (κ2) is 3.24. The highest BCUT2D eigenvalue weighted by Crippen LogP contribution is 2.20. The van der Waals surface area contributed by atoms with E-state index in [2.05, 4.69) is 16.4 Å². The molecule has 0 bridgehead atoms. The molecule has 0 amide bonds. The molecule has 0 spiro atoms. The lowest BCUT2D eigenvalue weighted by Gasteiger charge is -2.08. The molecule has 1 aliphatic heterocycles. The minimum atomic E-state index is -0.0422. The van der Waals surface area contributed by atoms with Gasteiger partial charge in [-0.25, -0.2) is 4.79 Å². The van der Waals surface area contributed by atoms with Gasteiger partial charge in [-0.3, -0.25) is 4.40 Å². The van der Waals surface area contributed by atoms with E-state index in [-0.39, 0.29) is 5.69 Å². The van der Waals surface area contributed by atoms with Crippen LogP contribution in [0.5, 0.6) is 0 Å². The molecule has 15 heavy (non-hydrogen) atoms. The predicted octanol–water partition coefficient (Wildman–Crippen LogP) is 0.704. The van der Waals surface area contributed by atoms with Gasteiger partial charge in [0.25, 0.3) is 0 Å². The Morgan fingerprint density at radius 3 is 3.20 bits per heavy atom. The van der Waals surface area contributed by atoms with E-state index >= 15 is 0 Å². The normalized spacial score (nSPS) is 21.2. The number of hydrogen-bond acceptors (Lipinski definition) is 2. The molecule has 3 rings (SSSR count). The van der Waals surface area contributed by atoms with E-state index in [4.69, 9.17) is 0 Å². The van der Waals surface area contributed by atoms with Crippen LogP contribution in [0.4, 0.5) is 0 Å². The molecule has 1 saturated heterocycles. The minimum Gasteiger partial charge on any atom is -0.316 e. The molecule has 4 nitrogen and oxygen atoms in total. The maximum atomic E-state index is 11.7. The van der Waals surface area contributed by atoms with Crippen molar-refractivity contribution in [2.45, 2.75) is 12.3 Å². The first kappa shape index (κ1) is 8.73. The summed E-state index contributed by atoms with van der Waals surface area (Å²) in [5.41, 5.74) is 1.98. The third-order valence-electron chi connectivity index (χ3n) is 3.05. The maximum Gasteiger partial charge on any atom is 0.330 e. The molecule has 1 unspecified atom stereocenters. The van der Waals surface area contributed by atoms with Gasteiger partial charge in [-0.2, -0.15) is 0 Å². The predicted molar refractivity (Wildman–Crippen MR) is 58.2 cm³/mol. The molecule has 1 atom stereocenters. The third kappa shape index (κ3) is 1.37. The number of H-pyrrole nitrogens is 1. The molecule has 0 aromatic carbocycles. The summed E-state index contributed by atoms with van der Waals surface area (Å²) in [6.07, 6.45) is 2.89. The van der Waals surface area contributed by atoms with Gasteiger partial charge in [-0.1, -0.05) is 0 Å². The highest BCUT2D eigenvalue weighted by Gasteiger charge is 2.17. The van der Waals surface area contributed by atoms with E-state index in [1.54, 1.807) is 10.6 Å². The number of fused-ring (bicyclic) bond motifs is 1. The van der Waals surface area contributed by atoms with Crippen LogP contribution in [0.1, 0.15) is 18.0 Å². The average molecular weight is 203 g/mol. The molecular formula is C11H13N3O. The Kier molecular flexibility index (Phi) is 1.89. The highest BCUT2D eigenvalue weighted by molar-refractivity contribution is 5.48. The van der Waals surface area contributed by atoms with Gasteiger partial charge in [0.1, 0.15) is 0 Å². The van der Waals surface area contributed by atoms with Crippen LogP contribution in [0.25, 0.3) is 5.52 Å². The van der Waals surface area contributed by atoms with Crippen LogP contribution in [0, 0.1) is 0 Å². The minimum absolute atomic E-state index is 0.0422. The van der Waals surface area contributed by atoms with Crippen LogP contribution in [-0.2, 0) is 0 Å². The second-order valence-corrected chi connectivity index (χ2v) is 4.02. The number of hydrogen-bond donors (Lipinski definition) is 2. The van der Waals surface area contributed by atoms with Gasteiger partial charge in [0.15, 0.2) is 0 Å². The number of aromatic amines is 1. The van der Waals surface area contributed by atoms with Crippen LogP contribution < -0.4 is 11.0 Å². The molecule has 0 saturated carbocycles. The van der Waals surface area contributed by atoms with Gasteiger partial charge >= 0.3 is 5.69 Å². The summed E-state index contributed by atoms with van der Waals surface area (Å²) >= 11 is 0. The van der Waals surface area contributed by atoms with E-state index in [1.165, 1.54) is 0 Å². The first-order chi connectivity index (χ1) is 7.34. The molecule has 1 aliphatic rings. The van der Waals surface area contributed by atoms with Crippen molar-refractivity contribution in [3.63, 3.8) is 0 Å². The van der Waals surface area contributed by atoms with Crippen molar-refractivity contribution in [1.82, 2.24) is 14.7 Å². The average Bonchev–Trinajstić information content (AvgIpc) is 2.88. The van der Waals surface area contributed by atoms with Crippen LogP contribution in [0.3, 0.4) is 0 Å². The summed E-state index contributed by atoms with van der Waals surface area (Å²) in [5, 5.41) is 3.30. The standard InChI is InChI=1S/C11H13N3O/c15-11-13-10(8-3-4-12-7-8)6-9-2-1-5-14(9)11/h1-2,5-6,8,12H,3-4,7H2,(H,13,15). The lowest BCUT2D eigenvalue weighted by molar-refractivity contribution is 0.723. The SMILES string of the molecule is O=c1[nH]c(C2CCNC2)cc2cccn12. The molecule has 2 N–H and O–H groups in total. The zero-order valence-electron chi connectivity index (χ0n) is 8.36. The first-order valence-corrected chi connectivity index (χ1v) is 5.25. The van der Waals surface area contributed by atoms with Crippen LogP contribution in [0.15, 0.2) is 29.2 Å². The van der Waals surface area contributed by atoms with Crippen molar-refractivity contribution in [2.75, 3.05) is 13.1 Å². The van der Waals surface area contributed by atoms with Gasteiger partial charge < -0.3 is 10.3 Å². The monoisotopic (exact) mass is 203 g/mol. The summed E-state index contributed by atoms with van der Waals surface area (Å²) in [7, 11) is 0. The molecule has 0 radical (unpaired) electrons. The Morgan fingerprint density at radius 1 is 1.47 bits per heavy atom. The smallest absolute Gasteiger partial charge is 0.316 e. The first-order valence-electron chi connectivity index (χ1n) is 5.25. The lowest BCUT2D eigenvalue weighted by Crippen LogP contribution is -2.19. The zero-order chi connectivity index (χ0) is 10.3. The van der Waals surface area contributed by atoms with E-state index in [0.29, 0.717) is 5.92 Å². The van der Waals surface area contributed by atoms with Crippen molar-refractivity contribution in [2.24, 2.45) is 0 Å². The fraction of sp³-hybridized carbons (Fsp3) is 0.364. The fourth-order valence-electron chi connectivity index (χ4n) is 2.22. The summed E-state index contributed by atoms with van der Waals surface area (Å²) in [4.78, 5) is 14.7. The fourth-order valence-corrected chi connectivity index (χ4v) is 2.22. The van der Waals surface area contributed by atoms with Gasteiger partial charge in [-0.05, 0) is 31.2 Å². The van der Waals surface area contributed by atoms with Gasteiger partial charge in [0.05, 0.1) is 5.52 Å². The molecule has 2 aromatic heterocycles. The molecule has 1 fully saturated rings. The van der Waals surface area contributed by atoms with E-state index in [9.17, 15) is 4.79 Å². The Balaban J connectivity index is 2.15. The quantitative estimate of drug-likeness (QED) is 0.717. The van der Waals surface area contributed by atoms with Crippen molar-refractivity contribution < 1.29 is 0 Å². The molecule has 3 heterocycles. The number of nitrogens with zero attached hydrogens (tertiary/aromatic N) is 1. The third-order valence-corrected chi connectivity index (χ3v) is 3.05. The zero-order valence-corrected chi connectivity index (χ0v) is 8.36. The Hall–Kier alpha value is -1.55. The highest BCUT2D eigenvalue weighted by atomic mass is 16.1. The number of rotatable bonds is 1. The van der Waals surface area contributed by atoms with Gasteiger partial charge in [-0.15, -0.1) is 0 Å². The summed E-state index contributed by atoms with van der Waals surface area (Å²) in [5.74, 6) is 0.456. The summed E-state index contributed by atoms with van der Waals surface area (Å²) in [6, 6.07) is 5.92. The molecule has 2 aromatic rings. The molecule has 4 heteroatoms. The van der Waals surface area contributed by atoms with E-state index < -0.39 is 0 Å². The lowest BCUT2D eigenvalue weighted by atomic mass is 10.0. The van der Waals surface area contributed by atoms with Crippen LogP contribution in [-0.4, -0.2) is 22.5 Å². The van der Waals surface area contributed by atoms with Gasteiger partial charge in [0, 0.05) is 24.4 Å². The van der Waals surface area contributed by atoms with Crippen molar-refractivity contribution in [3.8, 4) is 0 Å². The van der Waals surface area contributed by atoms with Crippen molar-refractivity contribution >= 4 is 5.52 Å². The van der Waals surface area contributed by atoms with Gasteiger partial charge in [0.2, 0.25) is 0 Å². The second-order valence-electron chi connectivity index (χ2n) is 4.02. The Morgan fingerprint density at radius 2 is 2.40 bits per heavy atom. The summed E-state index contributed by atoms with van der Waals surface area (Å²) < 4.78 is 1.63. The molecular weight excluding hydrogens is 190 g/mol. The largest absolute Gasteiger partial charge is 0.330 e. The summed E-state index contributed by atoms with van der Waals surface area (Å²) in [6.45, 7) is 2.01.